The molecule has 0 aliphatic rings. The van der Waals surface area contributed by atoms with Crippen molar-refractivity contribution in [3.8, 4) is 28.7 Å². The fourth-order valence-electron chi connectivity index (χ4n) is 4.71. The van der Waals surface area contributed by atoms with Gasteiger partial charge in [-0.05, 0) is 24.2 Å². The Morgan fingerprint density at radius 2 is 1.21 bits per heavy atom. The number of fused-ring (bicyclic) bond motifs is 7. The van der Waals surface area contributed by atoms with E-state index in [4.69, 9.17) is 33.1 Å². The van der Waals surface area contributed by atoms with Crippen molar-refractivity contribution in [1.82, 2.24) is 19.5 Å². The minimum atomic E-state index is -0.554. The van der Waals surface area contributed by atoms with Crippen molar-refractivity contribution in [3.63, 3.8) is 0 Å². The number of nitrogens with zero attached hydrogens (tertiary/aromatic N) is 4. The topological polar surface area (TPSA) is 56.7 Å². The first-order chi connectivity index (χ1) is 23.0. The van der Waals surface area contributed by atoms with Gasteiger partial charge in [0.15, 0.2) is 11.6 Å². The summed E-state index contributed by atoms with van der Waals surface area (Å²) in [6, 6.07) is 13.2. The molecule has 0 spiro atoms. The van der Waals surface area contributed by atoms with E-state index in [1.807, 2.05) is 36.4 Å². The Morgan fingerprint density at radius 3 is 1.92 bits per heavy atom. The lowest BCUT2D eigenvalue weighted by atomic mass is 10.1. The van der Waals surface area contributed by atoms with E-state index in [1.165, 1.54) is 4.57 Å². The molecule has 3 heterocycles. The summed E-state index contributed by atoms with van der Waals surface area (Å²) in [4.78, 5) is 14.3. The van der Waals surface area contributed by atoms with E-state index >= 15 is 0 Å². The number of rotatable bonds is 3. The predicted octanol–water partition coefficient (Wildman–Crippen LogP) is 8.20. The Labute approximate surface area is 231 Å². The molecule has 0 radical (unpaired) electrons. The van der Waals surface area contributed by atoms with Crippen LogP contribution in [0.25, 0.3) is 72.5 Å². The molecule has 0 unspecified atom stereocenters. The van der Waals surface area contributed by atoms with Gasteiger partial charge in [0.2, 0.25) is 5.95 Å². The van der Waals surface area contributed by atoms with E-state index in [0.717, 1.165) is 0 Å². The molecule has 0 saturated carbocycles. The number of benzene rings is 5. The molecule has 0 amide bonds. The van der Waals surface area contributed by atoms with Crippen molar-refractivity contribution >= 4 is 43.7 Å². The Bertz CT molecular complexity index is 2620. The third-order valence-electron chi connectivity index (χ3n) is 6.36. The Kier molecular flexibility index (Phi) is 2.84. The molecule has 5 nitrogen and oxygen atoms in total. The van der Waals surface area contributed by atoms with Crippen LogP contribution in [0.3, 0.4) is 0 Å². The summed E-state index contributed by atoms with van der Waals surface area (Å²) in [5.74, 6) is 0.406. The number of aromatic nitrogens is 4. The van der Waals surface area contributed by atoms with E-state index in [0.29, 0.717) is 11.1 Å². The van der Waals surface area contributed by atoms with Gasteiger partial charge in [-0.15, -0.1) is 0 Å². The molecular weight excluding hydrogens is 468 g/mol. The molecule has 0 atom stereocenters. The Hall–Kier alpha value is -5.29. The minimum absolute atomic E-state index is 0.0176. The van der Waals surface area contributed by atoms with Gasteiger partial charge in [-0.3, -0.25) is 4.57 Å². The van der Waals surface area contributed by atoms with Crippen LogP contribution in [0, 0.1) is 0 Å². The second-order valence-corrected chi connectivity index (χ2v) is 8.56. The van der Waals surface area contributed by atoms with Gasteiger partial charge in [0.25, 0.3) is 0 Å². The van der Waals surface area contributed by atoms with E-state index in [-0.39, 0.29) is 61.3 Å². The van der Waals surface area contributed by atoms with Crippen LogP contribution in [0.1, 0.15) is 13.7 Å². The molecule has 3 aromatic heterocycles. The molecule has 0 bridgehead atoms. The smallest absolute Gasteiger partial charge is 0.238 e. The quantitative estimate of drug-likeness (QED) is 0.246. The highest BCUT2D eigenvalue weighted by molar-refractivity contribution is 6.24. The second-order valence-electron chi connectivity index (χ2n) is 8.56. The summed E-state index contributed by atoms with van der Waals surface area (Å²) in [6.45, 7) is 0. The Morgan fingerprint density at radius 1 is 0.579 bits per heavy atom. The van der Waals surface area contributed by atoms with Crippen LogP contribution < -0.4 is 0 Å². The fraction of sp³-hybridized carbons (Fsp3) is 0. The summed E-state index contributed by atoms with van der Waals surface area (Å²) in [5.41, 5.74) is 0.747. The van der Waals surface area contributed by atoms with E-state index in [2.05, 4.69) is 0 Å². The normalized spacial score (nSPS) is 15.4. The first-order valence-electron chi connectivity index (χ1n) is 16.7. The zero-order valence-electron chi connectivity index (χ0n) is 29.5. The monoisotopic (exact) mass is 498 g/mol. The minimum Gasteiger partial charge on any atom is -0.456 e. The van der Waals surface area contributed by atoms with Crippen LogP contribution in [0.2, 0.25) is 0 Å². The largest absolute Gasteiger partial charge is 0.456 e. The molecule has 0 fully saturated rings. The molecule has 5 aromatic carbocycles. The van der Waals surface area contributed by atoms with Crippen LogP contribution in [-0.2, 0) is 0 Å². The fourth-order valence-corrected chi connectivity index (χ4v) is 4.71. The standard InChI is InChI=1S/C33H20N4O/c1-3-11-21(12-4-1)31-34-32(22-13-5-2-6-14-22)36-33(35-31)37-26-17-9-7-15-23(26)24-19-20-28-29(30(24)37)25-16-8-10-18-27(25)38-28/h1-20H/i7D,8D,9D,10D,15D,16D,17D,18D,19D,20D. The highest BCUT2D eigenvalue weighted by Gasteiger charge is 2.21. The summed E-state index contributed by atoms with van der Waals surface area (Å²) in [6.07, 6.45) is 0. The lowest BCUT2D eigenvalue weighted by Gasteiger charge is -2.11. The summed E-state index contributed by atoms with van der Waals surface area (Å²) >= 11 is 0. The molecule has 178 valence electrons. The van der Waals surface area contributed by atoms with Gasteiger partial charge in [0.1, 0.15) is 11.2 Å². The zero-order valence-corrected chi connectivity index (χ0v) is 19.5. The van der Waals surface area contributed by atoms with Crippen LogP contribution >= 0.6 is 0 Å². The van der Waals surface area contributed by atoms with Gasteiger partial charge in [-0.25, -0.2) is 4.98 Å². The highest BCUT2D eigenvalue weighted by Crippen LogP contribution is 2.40. The van der Waals surface area contributed by atoms with Crippen LogP contribution in [0.15, 0.2) is 126 Å². The van der Waals surface area contributed by atoms with Crippen molar-refractivity contribution in [2.45, 2.75) is 0 Å². The lowest BCUT2D eigenvalue weighted by molar-refractivity contribution is 0.669. The number of hydrogen-bond donors (Lipinski definition) is 0. The van der Waals surface area contributed by atoms with E-state index < -0.39 is 60.4 Å². The zero-order chi connectivity index (χ0) is 33.8. The van der Waals surface area contributed by atoms with Gasteiger partial charge in [-0.2, -0.15) is 9.97 Å². The highest BCUT2D eigenvalue weighted by atomic mass is 16.3. The molecule has 0 aliphatic carbocycles. The van der Waals surface area contributed by atoms with Gasteiger partial charge >= 0.3 is 0 Å². The SMILES string of the molecule is [2H]c1c([2H])c([2H])c2c(oc3c([2H])c([2H])c4c5c([2H])c([2H])c([2H])c([2H])c5n(-c5nc(-c6ccccc6)nc(-c6ccccc6)n5)c4c32)c1[2H]. The average molecular weight is 499 g/mol. The molecule has 0 N–H and O–H groups in total. The van der Waals surface area contributed by atoms with Crippen molar-refractivity contribution in [3.05, 3.63) is 121 Å². The van der Waals surface area contributed by atoms with E-state index in [1.54, 1.807) is 24.3 Å². The van der Waals surface area contributed by atoms with Crippen molar-refractivity contribution < 1.29 is 18.1 Å². The van der Waals surface area contributed by atoms with E-state index in [9.17, 15) is 0 Å². The maximum atomic E-state index is 9.10. The third-order valence-corrected chi connectivity index (χ3v) is 6.36. The number of hydrogen-bond acceptors (Lipinski definition) is 4. The van der Waals surface area contributed by atoms with Crippen molar-refractivity contribution in [2.75, 3.05) is 0 Å². The van der Waals surface area contributed by atoms with Gasteiger partial charge in [0.05, 0.1) is 30.1 Å². The molecule has 5 heteroatoms. The summed E-state index contributed by atoms with van der Waals surface area (Å²) < 4.78 is 94.3. The van der Waals surface area contributed by atoms with Gasteiger partial charge in [-0.1, -0.05) is 96.9 Å². The van der Waals surface area contributed by atoms with Crippen molar-refractivity contribution in [1.29, 1.82) is 0 Å². The first-order valence-corrected chi connectivity index (χ1v) is 11.7. The van der Waals surface area contributed by atoms with Crippen LogP contribution in [0.5, 0.6) is 0 Å². The van der Waals surface area contributed by atoms with Crippen LogP contribution in [-0.4, -0.2) is 19.5 Å². The molecule has 38 heavy (non-hydrogen) atoms. The maximum Gasteiger partial charge on any atom is 0.238 e. The van der Waals surface area contributed by atoms with Gasteiger partial charge < -0.3 is 4.42 Å². The Balaban J connectivity index is 1.68. The molecule has 8 rings (SSSR count). The first kappa shape index (κ1) is 13.3. The average Bonchev–Trinajstić information content (AvgIpc) is 3.69. The maximum absolute atomic E-state index is 9.10. The van der Waals surface area contributed by atoms with Crippen LogP contribution in [0.4, 0.5) is 0 Å². The number of furan rings is 1. The second kappa shape index (κ2) is 8.11. The third kappa shape index (κ3) is 3.09. The molecule has 8 aromatic rings. The summed E-state index contributed by atoms with van der Waals surface area (Å²) in [5, 5.41) is -0.180. The van der Waals surface area contributed by atoms with Gasteiger partial charge in [0, 0.05) is 27.3 Å². The predicted molar refractivity (Wildman–Crippen MR) is 152 cm³/mol. The lowest BCUT2D eigenvalue weighted by Crippen LogP contribution is -2.06. The summed E-state index contributed by atoms with van der Waals surface area (Å²) in [7, 11) is 0. The molecule has 0 aliphatic heterocycles. The molecule has 0 saturated heterocycles. The number of para-hydroxylation sites is 2. The molecular formula is C33H20N4O. The van der Waals surface area contributed by atoms with Crippen molar-refractivity contribution in [2.24, 2.45) is 0 Å².